The molecule has 0 N–H and O–H groups in total. The number of hydrogen-bond acceptors (Lipinski definition) is 4. The Morgan fingerprint density at radius 1 is 1.28 bits per heavy atom. The van der Waals surface area contributed by atoms with Crippen molar-refractivity contribution in [2.45, 2.75) is 96.3 Å². The van der Waals surface area contributed by atoms with Crippen LogP contribution in [0.4, 0.5) is 0 Å². The lowest BCUT2D eigenvalue weighted by atomic mass is 9.73. The van der Waals surface area contributed by atoms with Crippen LogP contribution < -0.4 is 0 Å². The summed E-state index contributed by atoms with van der Waals surface area (Å²) in [4.78, 5) is 23.0. The third-order valence-electron chi connectivity index (χ3n) is 6.84. The number of Topliss-reactive ketones (excluding diaryl/α,β-unsaturated/α-hetero) is 1. The van der Waals surface area contributed by atoms with E-state index in [1.807, 2.05) is 18.3 Å². The minimum atomic E-state index is 0.162. The molecule has 0 aliphatic heterocycles. The van der Waals surface area contributed by atoms with Gasteiger partial charge in [-0.25, -0.2) is 4.99 Å². The van der Waals surface area contributed by atoms with Crippen LogP contribution in [0, 0.1) is 12.3 Å². The van der Waals surface area contributed by atoms with Gasteiger partial charge in [0.05, 0.1) is 0 Å². The molecule has 1 unspecified atom stereocenters. The van der Waals surface area contributed by atoms with Crippen molar-refractivity contribution in [1.82, 2.24) is 4.90 Å². The summed E-state index contributed by atoms with van der Waals surface area (Å²) in [7, 11) is 0. The summed E-state index contributed by atoms with van der Waals surface area (Å²) in [6.07, 6.45) is 7.64. The largest absolute Gasteiger partial charge is 0.304 e. The molecule has 0 saturated heterocycles. The van der Waals surface area contributed by atoms with Gasteiger partial charge in [0.15, 0.2) is 5.78 Å². The number of aliphatic imine (C=N–C) groups is 1. The van der Waals surface area contributed by atoms with Crippen molar-refractivity contribution in [3.63, 3.8) is 0 Å². The zero-order valence-corrected chi connectivity index (χ0v) is 24.1. The van der Waals surface area contributed by atoms with E-state index in [2.05, 4.69) is 79.7 Å². The van der Waals surface area contributed by atoms with Crippen LogP contribution >= 0.6 is 33.9 Å². The van der Waals surface area contributed by atoms with Crippen molar-refractivity contribution in [3.8, 4) is 0 Å². The monoisotopic (exact) mass is 570 g/mol. The highest BCUT2D eigenvalue weighted by atomic mass is 127. The van der Waals surface area contributed by atoms with Crippen LogP contribution in [0.1, 0.15) is 101 Å². The first-order valence-corrected chi connectivity index (χ1v) is 14.4. The van der Waals surface area contributed by atoms with Gasteiger partial charge in [0.25, 0.3) is 0 Å². The van der Waals surface area contributed by atoms with Gasteiger partial charge in [0.1, 0.15) is 5.71 Å². The maximum atomic E-state index is 13.3. The van der Waals surface area contributed by atoms with E-state index < -0.39 is 0 Å². The fourth-order valence-corrected chi connectivity index (χ4v) is 6.29. The van der Waals surface area contributed by atoms with E-state index in [0.29, 0.717) is 33.1 Å². The van der Waals surface area contributed by atoms with Gasteiger partial charge in [-0.2, -0.15) is 0 Å². The molecule has 1 saturated carbocycles. The smallest absolute Gasteiger partial charge is 0.181 e. The first-order chi connectivity index (χ1) is 15.1. The van der Waals surface area contributed by atoms with Gasteiger partial charge < -0.3 is 4.90 Å². The number of hydrogen-bond donors (Lipinski definition) is 0. The van der Waals surface area contributed by atoms with Crippen LogP contribution in [0.15, 0.2) is 23.3 Å². The number of ketones is 1. The molecule has 1 aliphatic carbocycles. The molecule has 0 aromatic carbocycles. The first-order valence-electron chi connectivity index (χ1n) is 12.3. The molecule has 1 aromatic heterocycles. The van der Waals surface area contributed by atoms with Gasteiger partial charge >= 0.3 is 0 Å². The molecule has 0 amide bonds. The number of nitrogens with zero attached hydrogens (tertiary/aromatic N) is 2. The van der Waals surface area contributed by atoms with Crippen LogP contribution in [0.3, 0.4) is 0 Å². The Bertz CT molecular complexity index is 797. The highest BCUT2D eigenvalue weighted by molar-refractivity contribution is 14.1. The predicted octanol–water partition coefficient (Wildman–Crippen LogP) is 7.95. The van der Waals surface area contributed by atoms with Crippen LogP contribution in [-0.4, -0.2) is 40.0 Å². The minimum absolute atomic E-state index is 0.162. The quantitative estimate of drug-likeness (QED) is 0.145. The molecule has 0 bridgehead atoms. The first kappa shape index (κ1) is 27.7. The Morgan fingerprint density at radius 2 is 1.91 bits per heavy atom. The van der Waals surface area contributed by atoms with Crippen LogP contribution in [0.2, 0.25) is 0 Å². The Hall–Kier alpha value is -0.530. The second-order valence-corrected chi connectivity index (χ2v) is 13.2. The summed E-state index contributed by atoms with van der Waals surface area (Å²) < 4.78 is 0.507. The molecule has 1 aliphatic rings. The summed E-state index contributed by atoms with van der Waals surface area (Å²) in [5.74, 6) is 0.787. The lowest BCUT2D eigenvalue weighted by Gasteiger charge is -2.33. The fraction of sp³-hybridized carbons (Fsp3) is 0.704. The third-order valence-corrected chi connectivity index (χ3v) is 9.30. The van der Waals surface area contributed by atoms with Crippen LogP contribution in [0.5, 0.6) is 0 Å². The molecule has 180 valence electrons. The molecule has 0 radical (unpaired) electrons. The molecule has 0 spiro atoms. The number of aryl methyl sites for hydroxylation is 1. The minimum Gasteiger partial charge on any atom is -0.304 e. The number of rotatable bonds is 12. The number of carbonyl (C=O) groups excluding carboxylic acids is 1. The van der Waals surface area contributed by atoms with E-state index in [4.69, 9.17) is 0 Å². The molecular weight excluding hydrogens is 527 g/mol. The average Bonchev–Trinajstić information content (AvgIpc) is 3.12. The number of allylic oxidation sites excluding steroid dienone is 1. The summed E-state index contributed by atoms with van der Waals surface area (Å²) in [6.45, 7) is 20.5. The molecule has 2 rings (SSSR count). The van der Waals surface area contributed by atoms with E-state index in [1.165, 1.54) is 35.4 Å². The second-order valence-electron chi connectivity index (χ2n) is 10.1. The van der Waals surface area contributed by atoms with Crippen LogP contribution in [0.25, 0.3) is 0 Å². The van der Waals surface area contributed by atoms with Crippen molar-refractivity contribution in [2.75, 3.05) is 19.6 Å². The Kier molecular flexibility index (Phi) is 11.1. The summed E-state index contributed by atoms with van der Waals surface area (Å²) in [6, 6.07) is 2.27. The molecule has 1 atom stereocenters. The Balaban J connectivity index is 2.08. The SMILES string of the molecule is C=C(C)N=C(C(=O)CCC(I)CCN(CC)CC)c1cc(C2CCC(C)(C)CC2)sc1C. The number of halogens is 1. The lowest BCUT2D eigenvalue weighted by Crippen LogP contribution is -2.26. The van der Waals surface area contributed by atoms with Crippen molar-refractivity contribution < 1.29 is 4.79 Å². The molecule has 3 nitrogen and oxygen atoms in total. The summed E-state index contributed by atoms with van der Waals surface area (Å²) >= 11 is 4.38. The van der Waals surface area contributed by atoms with Gasteiger partial charge in [-0.05, 0) is 89.4 Å². The van der Waals surface area contributed by atoms with E-state index >= 15 is 0 Å². The van der Waals surface area contributed by atoms with Gasteiger partial charge in [-0.1, -0.05) is 56.9 Å². The summed E-state index contributed by atoms with van der Waals surface area (Å²) in [5.41, 5.74) is 2.83. The van der Waals surface area contributed by atoms with Gasteiger partial charge in [-0.3, -0.25) is 4.79 Å². The highest BCUT2D eigenvalue weighted by Crippen LogP contribution is 2.44. The van der Waals surface area contributed by atoms with E-state index in [0.717, 1.165) is 38.0 Å². The Morgan fingerprint density at radius 3 is 2.47 bits per heavy atom. The number of thiophene rings is 1. The molecule has 1 aromatic rings. The lowest BCUT2D eigenvalue weighted by molar-refractivity contribution is -0.113. The van der Waals surface area contributed by atoms with Gasteiger partial charge in [0, 0.05) is 31.4 Å². The van der Waals surface area contributed by atoms with Gasteiger partial charge in [-0.15, -0.1) is 11.3 Å². The number of carbonyl (C=O) groups is 1. The normalized spacial score (nSPS) is 18.2. The van der Waals surface area contributed by atoms with Crippen molar-refractivity contribution in [2.24, 2.45) is 10.4 Å². The van der Waals surface area contributed by atoms with E-state index in [9.17, 15) is 4.79 Å². The topological polar surface area (TPSA) is 32.7 Å². The predicted molar refractivity (Wildman–Crippen MR) is 150 cm³/mol. The standard InChI is InChI=1S/C27H43IN2OS/c1-8-30(9-2)17-14-22(28)10-11-24(31)26(29-19(3)4)23-18-25(32-20(23)5)21-12-15-27(6,7)16-13-21/h18,21-22H,3,8-17H2,1-2,4-7H3. The zero-order chi connectivity index (χ0) is 23.9. The maximum absolute atomic E-state index is 13.3. The molecule has 32 heavy (non-hydrogen) atoms. The highest BCUT2D eigenvalue weighted by Gasteiger charge is 2.29. The average molecular weight is 571 g/mol. The molecule has 1 heterocycles. The molecule has 5 heteroatoms. The van der Waals surface area contributed by atoms with Crippen molar-refractivity contribution >= 4 is 45.4 Å². The van der Waals surface area contributed by atoms with Crippen LogP contribution in [-0.2, 0) is 4.79 Å². The molecule has 1 fully saturated rings. The Labute approximate surface area is 214 Å². The van der Waals surface area contributed by atoms with Crippen molar-refractivity contribution in [3.05, 3.63) is 33.7 Å². The van der Waals surface area contributed by atoms with E-state index in [1.54, 1.807) is 0 Å². The third kappa shape index (κ3) is 8.35. The number of alkyl halides is 1. The van der Waals surface area contributed by atoms with Crippen molar-refractivity contribution in [1.29, 1.82) is 0 Å². The van der Waals surface area contributed by atoms with E-state index in [-0.39, 0.29) is 5.78 Å². The fourth-order valence-electron chi connectivity index (χ4n) is 4.50. The van der Waals surface area contributed by atoms with Gasteiger partial charge in [0.2, 0.25) is 0 Å². The second kappa shape index (κ2) is 12.8. The summed E-state index contributed by atoms with van der Waals surface area (Å²) in [5, 5.41) is 0. The maximum Gasteiger partial charge on any atom is 0.181 e. The zero-order valence-electron chi connectivity index (χ0n) is 21.1. The molecular formula is C27H43IN2OS.